The van der Waals surface area contributed by atoms with Gasteiger partial charge in [0.05, 0.1) is 16.1 Å². The van der Waals surface area contributed by atoms with E-state index in [1.807, 2.05) is 29.8 Å². The number of carbonyl (C=O) groups is 3. The van der Waals surface area contributed by atoms with Gasteiger partial charge < -0.3 is 20.3 Å². The first-order chi connectivity index (χ1) is 17.1. The lowest BCUT2D eigenvalue weighted by molar-refractivity contribution is -0.137. The Morgan fingerprint density at radius 3 is 2.39 bits per heavy atom. The van der Waals surface area contributed by atoms with Gasteiger partial charge in [-0.25, -0.2) is 9.78 Å². The van der Waals surface area contributed by atoms with Gasteiger partial charge in [0.25, 0.3) is 0 Å². The van der Waals surface area contributed by atoms with Crippen molar-refractivity contribution in [2.45, 2.75) is 85.4 Å². The number of carbonyl (C=O) groups excluding carboxylic acids is 3. The summed E-state index contributed by atoms with van der Waals surface area (Å²) in [5, 5.41) is 5.41. The molecule has 1 aromatic carbocycles. The Labute approximate surface area is 218 Å². The Morgan fingerprint density at radius 1 is 1.11 bits per heavy atom. The number of hydrogen-bond acceptors (Lipinski definition) is 6. The Morgan fingerprint density at radius 2 is 1.78 bits per heavy atom. The normalized spacial score (nSPS) is 15.1. The third-order valence-electron chi connectivity index (χ3n) is 5.32. The standard InChI is InChI=1S/C24H32N4O4S.C3H8/c1-5-18-21(33-15-27-18)17-10-8-16(9-11-17)13-25-22(30)19-7-6-12-28(19)20(29)14-26-23(31)32-24(2,3)4;1-3-2/h8-11,15,19H,5-7,12-14H2,1-4H3,(H,25,30)(H,26,31);3H2,1-2H3. The van der Waals surface area contributed by atoms with E-state index >= 15 is 0 Å². The minimum Gasteiger partial charge on any atom is -0.444 e. The number of benzene rings is 1. The zero-order valence-electron chi connectivity index (χ0n) is 22.3. The highest BCUT2D eigenvalue weighted by molar-refractivity contribution is 7.13. The van der Waals surface area contributed by atoms with Crippen LogP contribution in [0.15, 0.2) is 29.8 Å². The molecule has 1 aliphatic rings. The van der Waals surface area contributed by atoms with Crippen molar-refractivity contribution in [2.75, 3.05) is 13.1 Å². The molecule has 2 heterocycles. The number of alkyl carbamates (subject to hydrolysis) is 1. The molecule has 1 unspecified atom stereocenters. The molecule has 0 saturated carbocycles. The van der Waals surface area contributed by atoms with Gasteiger partial charge in [0.15, 0.2) is 0 Å². The number of nitrogens with zero attached hydrogens (tertiary/aromatic N) is 2. The van der Waals surface area contributed by atoms with E-state index in [-0.39, 0.29) is 18.4 Å². The lowest BCUT2D eigenvalue weighted by Crippen LogP contribution is -2.49. The second kappa shape index (κ2) is 14.0. The second-order valence-electron chi connectivity index (χ2n) is 9.70. The Hall–Kier alpha value is -2.94. The number of rotatable bonds is 7. The molecule has 0 radical (unpaired) electrons. The highest BCUT2D eigenvalue weighted by atomic mass is 32.1. The van der Waals surface area contributed by atoms with Gasteiger partial charge in [0.2, 0.25) is 11.8 Å². The lowest BCUT2D eigenvalue weighted by atomic mass is 10.1. The highest BCUT2D eigenvalue weighted by Gasteiger charge is 2.34. The third-order valence-corrected chi connectivity index (χ3v) is 6.24. The molecule has 0 spiro atoms. The number of nitrogens with one attached hydrogen (secondary N) is 2. The van der Waals surface area contributed by atoms with Gasteiger partial charge in [-0.05, 0) is 51.2 Å². The molecular weight excluding hydrogens is 476 g/mol. The van der Waals surface area contributed by atoms with E-state index in [4.69, 9.17) is 4.74 Å². The maximum absolute atomic E-state index is 12.8. The van der Waals surface area contributed by atoms with Crippen LogP contribution < -0.4 is 10.6 Å². The van der Waals surface area contributed by atoms with E-state index in [0.717, 1.165) is 29.7 Å². The van der Waals surface area contributed by atoms with E-state index < -0.39 is 17.7 Å². The van der Waals surface area contributed by atoms with Crippen LogP contribution in [-0.2, 0) is 27.3 Å². The molecule has 2 aromatic rings. The number of ether oxygens (including phenoxy) is 1. The van der Waals surface area contributed by atoms with Crippen molar-refractivity contribution in [3.63, 3.8) is 0 Å². The molecule has 0 aliphatic carbocycles. The molecule has 8 nitrogen and oxygen atoms in total. The van der Waals surface area contributed by atoms with Crippen LogP contribution in [-0.4, -0.2) is 52.5 Å². The fourth-order valence-electron chi connectivity index (χ4n) is 3.74. The van der Waals surface area contributed by atoms with Gasteiger partial charge in [0, 0.05) is 13.1 Å². The summed E-state index contributed by atoms with van der Waals surface area (Å²) in [6.45, 7) is 12.3. The van der Waals surface area contributed by atoms with Gasteiger partial charge in [-0.3, -0.25) is 9.59 Å². The second-order valence-corrected chi connectivity index (χ2v) is 10.6. The summed E-state index contributed by atoms with van der Waals surface area (Å²) >= 11 is 1.63. The van der Waals surface area contributed by atoms with Crippen LogP contribution in [0.1, 0.15) is 72.1 Å². The smallest absolute Gasteiger partial charge is 0.408 e. The first-order valence-corrected chi connectivity index (χ1v) is 13.5. The number of hydrogen-bond donors (Lipinski definition) is 2. The molecule has 1 saturated heterocycles. The fourth-order valence-corrected chi connectivity index (χ4v) is 4.63. The first kappa shape index (κ1) is 29.3. The van der Waals surface area contributed by atoms with Crippen molar-refractivity contribution in [1.82, 2.24) is 20.5 Å². The summed E-state index contributed by atoms with van der Waals surface area (Å²) < 4.78 is 5.15. The largest absolute Gasteiger partial charge is 0.444 e. The molecule has 1 aliphatic heterocycles. The summed E-state index contributed by atoms with van der Waals surface area (Å²) in [4.78, 5) is 44.3. The summed E-state index contributed by atoms with van der Waals surface area (Å²) in [5.41, 5.74) is 4.42. The van der Waals surface area contributed by atoms with Crippen molar-refractivity contribution >= 4 is 29.2 Å². The summed E-state index contributed by atoms with van der Waals surface area (Å²) in [6, 6.07) is 7.55. The molecule has 36 heavy (non-hydrogen) atoms. The zero-order valence-corrected chi connectivity index (χ0v) is 23.2. The molecule has 1 fully saturated rings. The average molecular weight is 517 g/mol. The number of aromatic nitrogens is 1. The van der Waals surface area contributed by atoms with Crippen LogP contribution in [0.25, 0.3) is 10.4 Å². The van der Waals surface area contributed by atoms with Crippen molar-refractivity contribution in [3.8, 4) is 10.4 Å². The van der Waals surface area contributed by atoms with E-state index in [0.29, 0.717) is 19.5 Å². The zero-order chi connectivity index (χ0) is 26.7. The van der Waals surface area contributed by atoms with Gasteiger partial charge in [0.1, 0.15) is 18.2 Å². The van der Waals surface area contributed by atoms with Crippen molar-refractivity contribution < 1.29 is 19.1 Å². The number of likely N-dealkylation sites (tertiary alicyclic amines) is 1. The molecule has 1 aromatic heterocycles. The van der Waals surface area contributed by atoms with Gasteiger partial charge in [-0.2, -0.15) is 0 Å². The quantitative estimate of drug-likeness (QED) is 0.544. The summed E-state index contributed by atoms with van der Waals surface area (Å²) in [7, 11) is 0. The molecule has 0 bridgehead atoms. The summed E-state index contributed by atoms with van der Waals surface area (Å²) in [5.74, 6) is -0.475. The summed E-state index contributed by atoms with van der Waals surface area (Å²) in [6.07, 6.45) is 2.85. The predicted molar refractivity (Wildman–Crippen MR) is 144 cm³/mol. The molecule has 2 N–H and O–H groups in total. The minimum atomic E-state index is -0.649. The van der Waals surface area contributed by atoms with E-state index in [2.05, 4.69) is 36.4 Å². The van der Waals surface area contributed by atoms with Gasteiger partial charge in [-0.1, -0.05) is 51.5 Å². The molecule has 3 amide bonds. The SMILES string of the molecule is CCC.CCc1ncsc1-c1ccc(CNC(=O)C2CCCN2C(=O)CNC(=O)OC(C)(C)C)cc1. The van der Waals surface area contributed by atoms with Crippen LogP contribution in [0.3, 0.4) is 0 Å². The number of thiazole rings is 1. The van der Waals surface area contributed by atoms with E-state index in [1.165, 1.54) is 16.2 Å². The lowest BCUT2D eigenvalue weighted by Gasteiger charge is -2.25. The molecule has 9 heteroatoms. The minimum absolute atomic E-state index is 0.182. The van der Waals surface area contributed by atoms with Crippen LogP contribution in [0, 0.1) is 0 Å². The molecule has 198 valence electrons. The van der Waals surface area contributed by atoms with Crippen LogP contribution in [0.5, 0.6) is 0 Å². The maximum Gasteiger partial charge on any atom is 0.408 e. The molecule has 3 rings (SSSR count). The Bertz CT molecular complexity index is 998. The van der Waals surface area contributed by atoms with Gasteiger partial charge in [-0.15, -0.1) is 11.3 Å². The van der Waals surface area contributed by atoms with Crippen LogP contribution >= 0.6 is 11.3 Å². The monoisotopic (exact) mass is 516 g/mol. The number of amides is 3. The van der Waals surface area contributed by atoms with Gasteiger partial charge >= 0.3 is 6.09 Å². The maximum atomic E-state index is 12.8. The first-order valence-electron chi connectivity index (χ1n) is 12.6. The Kier molecular flexibility index (Phi) is 11.4. The fraction of sp³-hybridized carbons (Fsp3) is 0.556. The topological polar surface area (TPSA) is 101 Å². The van der Waals surface area contributed by atoms with Crippen molar-refractivity contribution in [3.05, 3.63) is 41.0 Å². The predicted octanol–water partition coefficient (Wildman–Crippen LogP) is 4.92. The van der Waals surface area contributed by atoms with Crippen LogP contribution in [0.4, 0.5) is 4.79 Å². The van der Waals surface area contributed by atoms with E-state index in [1.54, 1.807) is 32.1 Å². The van der Waals surface area contributed by atoms with Crippen molar-refractivity contribution in [1.29, 1.82) is 0 Å². The van der Waals surface area contributed by atoms with Crippen molar-refractivity contribution in [2.24, 2.45) is 0 Å². The highest BCUT2D eigenvalue weighted by Crippen LogP contribution is 2.28. The van der Waals surface area contributed by atoms with Crippen LogP contribution in [0.2, 0.25) is 0 Å². The average Bonchev–Trinajstić information content (AvgIpc) is 3.50. The molecule has 1 atom stereocenters. The van der Waals surface area contributed by atoms with E-state index in [9.17, 15) is 14.4 Å². The number of aryl methyl sites for hydroxylation is 1. The Balaban J connectivity index is 0.00000145. The molecular formula is C27H40N4O4S. The third kappa shape index (κ3) is 8.93.